The number of hydrogen-bond acceptors (Lipinski definition) is 3. The van der Waals surface area contributed by atoms with Crippen molar-refractivity contribution < 1.29 is 18.3 Å². The van der Waals surface area contributed by atoms with Gasteiger partial charge in [0.2, 0.25) is 10.0 Å². The second-order valence-electron chi connectivity index (χ2n) is 5.54. The lowest BCUT2D eigenvalue weighted by molar-refractivity contribution is 0.0696. The Balaban J connectivity index is 1.99. The first kappa shape index (κ1) is 14.0. The van der Waals surface area contributed by atoms with Crippen LogP contribution in [0.2, 0.25) is 0 Å². The van der Waals surface area contributed by atoms with Crippen LogP contribution in [0, 0.1) is 0 Å². The van der Waals surface area contributed by atoms with Crippen LogP contribution in [0.4, 0.5) is 0 Å². The Morgan fingerprint density at radius 3 is 2.65 bits per heavy atom. The van der Waals surface area contributed by atoms with E-state index in [1.807, 2.05) is 6.07 Å². The number of H-pyrrole nitrogens is 1. The highest BCUT2D eigenvalue weighted by Crippen LogP contribution is 2.42. The minimum Gasteiger partial charge on any atom is -0.478 e. The summed E-state index contributed by atoms with van der Waals surface area (Å²) in [6.45, 7) is 0. The Kier molecular flexibility index (Phi) is 2.70. The predicted molar refractivity (Wildman–Crippen MR) is 84.9 cm³/mol. The summed E-state index contributed by atoms with van der Waals surface area (Å²) in [5.74, 6) is -0.971. The highest BCUT2D eigenvalue weighted by atomic mass is 32.2. The number of sulfonamides is 1. The smallest absolute Gasteiger partial charge is 0.335 e. The van der Waals surface area contributed by atoms with Crippen LogP contribution in [-0.4, -0.2) is 24.5 Å². The summed E-state index contributed by atoms with van der Waals surface area (Å²) < 4.78 is 23.1. The number of rotatable bonds is 2. The zero-order chi connectivity index (χ0) is 16.4. The maximum Gasteiger partial charge on any atom is 0.335 e. The predicted octanol–water partition coefficient (Wildman–Crippen LogP) is 2.08. The molecule has 116 valence electrons. The van der Waals surface area contributed by atoms with Crippen LogP contribution in [-0.2, 0) is 16.4 Å². The van der Waals surface area contributed by atoms with Crippen molar-refractivity contribution in [2.24, 2.45) is 5.14 Å². The highest BCUT2D eigenvalue weighted by molar-refractivity contribution is 7.89. The number of nitrogens with one attached hydrogen (secondary N) is 1. The maximum atomic E-state index is 11.6. The second kappa shape index (κ2) is 4.43. The molecule has 1 aromatic heterocycles. The molecule has 2 aromatic carbocycles. The molecule has 1 aliphatic rings. The zero-order valence-electron chi connectivity index (χ0n) is 11.8. The lowest BCUT2D eigenvalue weighted by Gasteiger charge is -2.04. The van der Waals surface area contributed by atoms with Crippen LogP contribution in [0.15, 0.2) is 41.3 Å². The third-order valence-electron chi connectivity index (χ3n) is 4.24. The van der Waals surface area contributed by atoms with Crippen molar-refractivity contribution in [2.45, 2.75) is 11.3 Å². The van der Waals surface area contributed by atoms with E-state index in [-0.39, 0.29) is 10.5 Å². The lowest BCUT2D eigenvalue weighted by Crippen LogP contribution is -2.11. The molecule has 0 atom stereocenters. The van der Waals surface area contributed by atoms with E-state index in [2.05, 4.69) is 4.98 Å². The van der Waals surface area contributed by atoms with Crippen LogP contribution in [0.5, 0.6) is 0 Å². The molecule has 4 rings (SSSR count). The van der Waals surface area contributed by atoms with Gasteiger partial charge in [-0.05, 0) is 35.4 Å². The Morgan fingerprint density at radius 1 is 1.17 bits per heavy atom. The molecular weight excluding hydrogens is 316 g/mol. The Morgan fingerprint density at radius 2 is 1.96 bits per heavy atom. The second-order valence-corrected chi connectivity index (χ2v) is 7.11. The van der Waals surface area contributed by atoms with Gasteiger partial charge in [0.25, 0.3) is 0 Å². The van der Waals surface area contributed by atoms with E-state index in [1.165, 1.54) is 12.1 Å². The van der Waals surface area contributed by atoms with Crippen LogP contribution < -0.4 is 5.14 Å². The summed E-state index contributed by atoms with van der Waals surface area (Å²) >= 11 is 0. The Hall–Kier alpha value is -2.64. The molecule has 23 heavy (non-hydrogen) atoms. The number of carboxylic acid groups (broad SMARTS) is 1. The van der Waals surface area contributed by atoms with Gasteiger partial charge in [0.15, 0.2) is 0 Å². The number of hydrogen-bond donors (Lipinski definition) is 3. The Labute approximate surface area is 131 Å². The van der Waals surface area contributed by atoms with Crippen LogP contribution >= 0.6 is 0 Å². The van der Waals surface area contributed by atoms with Crippen LogP contribution in [0.3, 0.4) is 0 Å². The minimum atomic E-state index is -3.79. The number of aromatic amines is 1. The summed E-state index contributed by atoms with van der Waals surface area (Å²) in [5.41, 5.74) is 4.38. The topological polar surface area (TPSA) is 113 Å². The molecule has 4 N–H and O–H groups in total. The first-order chi connectivity index (χ1) is 10.9. The van der Waals surface area contributed by atoms with Gasteiger partial charge >= 0.3 is 5.97 Å². The Bertz CT molecular complexity index is 1100. The number of nitrogens with two attached hydrogens (primary N) is 1. The first-order valence-corrected chi connectivity index (χ1v) is 8.44. The van der Waals surface area contributed by atoms with E-state index in [4.69, 9.17) is 5.14 Å². The van der Waals surface area contributed by atoms with Gasteiger partial charge in [-0.2, -0.15) is 0 Å². The van der Waals surface area contributed by atoms with Gasteiger partial charge in [0, 0.05) is 22.9 Å². The van der Waals surface area contributed by atoms with E-state index in [9.17, 15) is 18.3 Å². The summed E-state index contributed by atoms with van der Waals surface area (Å²) in [6, 6.07) is 9.81. The van der Waals surface area contributed by atoms with Crippen molar-refractivity contribution in [1.29, 1.82) is 0 Å². The van der Waals surface area contributed by atoms with Crippen molar-refractivity contribution in [3.63, 3.8) is 0 Å². The molecule has 0 radical (unpaired) electrons. The van der Waals surface area contributed by atoms with E-state index >= 15 is 0 Å². The van der Waals surface area contributed by atoms with Gasteiger partial charge in [-0.3, -0.25) is 0 Å². The standard InChI is InChI=1S/C16H12N2O4S/c17-23(21,22)8-4-5-14-12(6-8)13-7-11-9(15(13)18-14)2-1-3-10(11)16(19)20/h1-6,18H,7H2,(H,19,20)(H2,17,21,22). The molecule has 0 amide bonds. The molecule has 7 heteroatoms. The quantitative estimate of drug-likeness (QED) is 0.523. The van der Waals surface area contributed by atoms with Crippen molar-refractivity contribution in [3.05, 3.63) is 53.1 Å². The van der Waals surface area contributed by atoms with Gasteiger partial charge in [0.05, 0.1) is 16.2 Å². The normalized spacial score (nSPS) is 13.1. The summed E-state index contributed by atoms with van der Waals surface area (Å²) in [4.78, 5) is 14.7. The molecule has 1 heterocycles. The van der Waals surface area contributed by atoms with Crippen molar-refractivity contribution in [1.82, 2.24) is 4.98 Å². The first-order valence-electron chi connectivity index (χ1n) is 6.89. The third-order valence-corrected chi connectivity index (χ3v) is 5.15. The van der Waals surface area contributed by atoms with E-state index < -0.39 is 16.0 Å². The van der Waals surface area contributed by atoms with Gasteiger partial charge in [0.1, 0.15) is 0 Å². The maximum absolute atomic E-state index is 11.6. The summed E-state index contributed by atoms with van der Waals surface area (Å²) in [7, 11) is -3.79. The number of aromatic carboxylic acids is 1. The summed E-state index contributed by atoms with van der Waals surface area (Å²) in [5, 5.41) is 15.3. The molecular formula is C16H12N2O4S. The van der Waals surface area contributed by atoms with Gasteiger partial charge in [-0.1, -0.05) is 12.1 Å². The molecule has 0 saturated carbocycles. The SMILES string of the molecule is NS(=O)(=O)c1ccc2[nH]c3c(c2c1)Cc1c(C(=O)O)cccc1-3. The number of benzene rings is 2. The van der Waals surface area contributed by atoms with Crippen molar-refractivity contribution in [2.75, 3.05) is 0 Å². The van der Waals surface area contributed by atoms with Crippen LogP contribution in [0.1, 0.15) is 21.5 Å². The number of carbonyl (C=O) groups is 1. The van der Waals surface area contributed by atoms with Crippen molar-refractivity contribution >= 4 is 26.9 Å². The molecule has 3 aromatic rings. The molecule has 6 nitrogen and oxygen atoms in total. The fraction of sp³-hybridized carbons (Fsp3) is 0.0625. The lowest BCUT2D eigenvalue weighted by atomic mass is 10.0. The monoisotopic (exact) mass is 328 g/mol. The number of aromatic nitrogens is 1. The zero-order valence-corrected chi connectivity index (χ0v) is 12.6. The molecule has 1 aliphatic carbocycles. The van der Waals surface area contributed by atoms with E-state index in [0.717, 1.165) is 33.3 Å². The molecule has 0 bridgehead atoms. The third kappa shape index (κ3) is 1.97. The minimum absolute atomic E-state index is 0.0428. The average Bonchev–Trinajstić information content (AvgIpc) is 3.01. The van der Waals surface area contributed by atoms with Gasteiger partial charge < -0.3 is 10.1 Å². The number of primary sulfonamides is 1. The van der Waals surface area contributed by atoms with Crippen LogP contribution in [0.25, 0.3) is 22.2 Å². The number of fused-ring (bicyclic) bond motifs is 5. The molecule has 0 unspecified atom stereocenters. The number of carboxylic acids is 1. The average molecular weight is 328 g/mol. The highest BCUT2D eigenvalue weighted by Gasteiger charge is 2.27. The molecule has 0 saturated heterocycles. The molecule has 0 spiro atoms. The fourth-order valence-electron chi connectivity index (χ4n) is 3.21. The largest absolute Gasteiger partial charge is 0.478 e. The molecule has 0 aliphatic heterocycles. The van der Waals surface area contributed by atoms with E-state index in [1.54, 1.807) is 18.2 Å². The van der Waals surface area contributed by atoms with Crippen molar-refractivity contribution in [3.8, 4) is 11.3 Å². The fourth-order valence-corrected chi connectivity index (χ4v) is 3.75. The summed E-state index contributed by atoms with van der Waals surface area (Å²) in [6.07, 6.45) is 0.446. The van der Waals surface area contributed by atoms with Gasteiger partial charge in [-0.15, -0.1) is 0 Å². The van der Waals surface area contributed by atoms with Gasteiger partial charge in [-0.25, -0.2) is 18.4 Å². The van der Waals surface area contributed by atoms with E-state index in [0.29, 0.717) is 6.42 Å². The molecule has 0 fully saturated rings.